The monoisotopic (exact) mass is 253 g/mol. The molecule has 0 aliphatic heterocycles. The molecule has 2 N–H and O–H groups in total. The minimum Gasteiger partial charge on any atom is -0.399 e. The summed E-state index contributed by atoms with van der Waals surface area (Å²) in [7, 11) is 0. The Balaban J connectivity index is 2.01. The standard InChI is InChI=1S/C16H19N3/c1-11-9-15(12-5-2-3-6-12)19-16(18-11)13-7-4-8-14(17)10-13/h4,7-10,12H,2-3,5-6,17H2,1H3. The van der Waals surface area contributed by atoms with Crippen LogP contribution < -0.4 is 5.73 Å². The summed E-state index contributed by atoms with van der Waals surface area (Å²) in [5, 5.41) is 0. The van der Waals surface area contributed by atoms with Crippen LogP contribution in [-0.4, -0.2) is 9.97 Å². The van der Waals surface area contributed by atoms with Crippen molar-refractivity contribution in [2.75, 3.05) is 5.73 Å². The predicted molar refractivity (Wildman–Crippen MR) is 77.8 cm³/mol. The molecular weight excluding hydrogens is 234 g/mol. The van der Waals surface area contributed by atoms with Crippen LogP contribution in [0.3, 0.4) is 0 Å². The Kier molecular flexibility index (Phi) is 3.20. The molecule has 3 nitrogen and oxygen atoms in total. The molecule has 0 bridgehead atoms. The lowest BCUT2D eigenvalue weighted by Crippen LogP contribution is -2.02. The molecule has 3 rings (SSSR count). The summed E-state index contributed by atoms with van der Waals surface area (Å²) in [4.78, 5) is 9.31. The van der Waals surface area contributed by atoms with E-state index in [1.807, 2.05) is 31.2 Å². The molecule has 1 aliphatic carbocycles. The molecule has 0 amide bonds. The molecule has 98 valence electrons. The van der Waals surface area contributed by atoms with Crippen molar-refractivity contribution in [1.29, 1.82) is 0 Å². The number of rotatable bonds is 2. The largest absolute Gasteiger partial charge is 0.399 e. The number of nitrogens with two attached hydrogens (primary N) is 1. The van der Waals surface area contributed by atoms with E-state index in [4.69, 9.17) is 10.7 Å². The fourth-order valence-electron chi connectivity index (χ4n) is 2.83. The molecule has 2 aromatic rings. The van der Waals surface area contributed by atoms with Crippen LogP contribution in [0.5, 0.6) is 0 Å². The quantitative estimate of drug-likeness (QED) is 0.830. The van der Waals surface area contributed by atoms with Crippen molar-refractivity contribution in [1.82, 2.24) is 9.97 Å². The molecule has 3 heteroatoms. The van der Waals surface area contributed by atoms with Gasteiger partial charge in [-0.2, -0.15) is 0 Å². The van der Waals surface area contributed by atoms with E-state index >= 15 is 0 Å². The molecule has 0 radical (unpaired) electrons. The third-order valence-electron chi connectivity index (χ3n) is 3.79. The van der Waals surface area contributed by atoms with E-state index in [-0.39, 0.29) is 0 Å². The summed E-state index contributed by atoms with van der Waals surface area (Å²) in [6.45, 7) is 2.04. The Morgan fingerprint density at radius 3 is 2.63 bits per heavy atom. The van der Waals surface area contributed by atoms with Crippen LogP contribution in [0.2, 0.25) is 0 Å². The number of benzene rings is 1. The highest BCUT2D eigenvalue weighted by Crippen LogP contribution is 2.34. The maximum Gasteiger partial charge on any atom is 0.159 e. The van der Waals surface area contributed by atoms with Crippen molar-refractivity contribution >= 4 is 5.69 Å². The van der Waals surface area contributed by atoms with E-state index in [1.165, 1.54) is 31.4 Å². The van der Waals surface area contributed by atoms with Crippen LogP contribution in [0.1, 0.15) is 43.0 Å². The maximum absolute atomic E-state index is 5.84. The van der Waals surface area contributed by atoms with Gasteiger partial charge in [0.15, 0.2) is 5.82 Å². The smallest absolute Gasteiger partial charge is 0.159 e. The van der Waals surface area contributed by atoms with Gasteiger partial charge >= 0.3 is 0 Å². The van der Waals surface area contributed by atoms with Gasteiger partial charge in [0, 0.05) is 28.6 Å². The predicted octanol–water partition coefficient (Wildman–Crippen LogP) is 3.69. The average Bonchev–Trinajstić information content (AvgIpc) is 2.92. The Morgan fingerprint density at radius 2 is 1.89 bits per heavy atom. The third kappa shape index (κ3) is 2.60. The molecule has 0 saturated heterocycles. The lowest BCUT2D eigenvalue weighted by Gasteiger charge is -2.11. The second-order valence-corrected chi connectivity index (χ2v) is 5.36. The maximum atomic E-state index is 5.84. The lowest BCUT2D eigenvalue weighted by molar-refractivity contribution is 0.693. The third-order valence-corrected chi connectivity index (χ3v) is 3.79. The van der Waals surface area contributed by atoms with Crippen molar-refractivity contribution in [2.24, 2.45) is 0 Å². The first-order valence-corrected chi connectivity index (χ1v) is 6.94. The van der Waals surface area contributed by atoms with Gasteiger partial charge in [-0.3, -0.25) is 0 Å². The Morgan fingerprint density at radius 1 is 1.11 bits per heavy atom. The minimum atomic E-state index is 0.613. The molecule has 0 unspecified atom stereocenters. The molecular formula is C16H19N3. The van der Waals surface area contributed by atoms with E-state index in [0.29, 0.717) is 5.92 Å². The van der Waals surface area contributed by atoms with Gasteiger partial charge in [-0.1, -0.05) is 25.0 Å². The first-order valence-electron chi connectivity index (χ1n) is 6.94. The van der Waals surface area contributed by atoms with Gasteiger partial charge in [0.05, 0.1) is 0 Å². The van der Waals surface area contributed by atoms with Crippen LogP contribution in [0.25, 0.3) is 11.4 Å². The second-order valence-electron chi connectivity index (χ2n) is 5.36. The summed E-state index contributed by atoms with van der Waals surface area (Å²) in [5.41, 5.74) is 9.83. The fraction of sp³-hybridized carbons (Fsp3) is 0.375. The summed E-state index contributed by atoms with van der Waals surface area (Å²) >= 11 is 0. The first kappa shape index (κ1) is 12.2. The summed E-state index contributed by atoms with van der Waals surface area (Å²) in [5.74, 6) is 1.41. The molecule has 1 aliphatic rings. The van der Waals surface area contributed by atoms with Crippen LogP contribution in [0.4, 0.5) is 5.69 Å². The van der Waals surface area contributed by atoms with Gasteiger partial charge in [-0.15, -0.1) is 0 Å². The van der Waals surface area contributed by atoms with Gasteiger partial charge in [-0.05, 0) is 38.0 Å². The lowest BCUT2D eigenvalue weighted by atomic mass is 10.0. The Hall–Kier alpha value is -1.90. The van der Waals surface area contributed by atoms with Crippen LogP contribution in [0, 0.1) is 6.92 Å². The summed E-state index contributed by atoms with van der Waals surface area (Å²) < 4.78 is 0. The highest BCUT2D eigenvalue weighted by molar-refractivity contribution is 5.61. The Bertz CT molecular complexity index is 586. The molecule has 0 spiro atoms. The average molecular weight is 253 g/mol. The summed E-state index contributed by atoms with van der Waals surface area (Å²) in [6.07, 6.45) is 5.16. The van der Waals surface area contributed by atoms with E-state index in [2.05, 4.69) is 11.1 Å². The SMILES string of the molecule is Cc1cc(C2CCCC2)nc(-c2cccc(N)c2)n1. The number of aryl methyl sites for hydroxylation is 1. The molecule has 19 heavy (non-hydrogen) atoms. The van der Waals surface area contributed by atoms with E-state index < -0.39 is 0 Å². The van der Waals surface area contributed by atoms with Gasteiger partial charge in [0.25, 0.3) is 0 Å². The minimum absolute atomic E-state index is 0.613. The molecule has 1 saturated carbocycles. The van der Waals surface area contributed by atoms with Crippen molar-refractivity contribution in [3.63, 3.8) is 0 Å². The topological polar surface area (TPSA) is 51.8 Å². The van der Waals surface area contributed by atoms with Crippen molar-refractivity contribution < 1.29 is 0 Å². The highest BCUT2D eigenvalue weighted by atomic mass is 14.9. The van der Waals surface area contributed by atoms with E-state index in [9.17, 15) is 0 Å². The number of nitrogens with zero attached hydrogens (tertiary/aromatic N) is 2. The van der Waals surface area contributed by atoms with Gasteiger partial charge < -0.3 is 5.73 Å². The van der Waals surface area contributed by atoms with Crippen molar-refractivity contribution in [3.8, 4) is 11.4 Å². The van der Waals surface area contributed by atoms with Gasteiger partial charge in [-0.25, -0.2) is 9.97 Å². The number of hydrogen-bond donors (Lipinski definition) is 1. The van der Waals surface area contributed by atoms with Crippen molar-refractivity contribution in [2.45, 2.75) is 38.5 Å². The second kappa shape index (κ2) is 5.00. The number of anilines is 1. The molecule has 1 fully saturated rings. The number of nitrogen functional groups attached to an aromatic ring is 1. The molecule has 1 aromatic carbocycles. The van der Waals surface area contributed by atoms with Crippen LogP contribution in [-0.2, 0) is 0 Å². The zero-order valence-electron chi connectivity index (χ0n) is 11.3. The number of aromatic nitrogens is 2. The Labute approximate surface area is 113 Å². The van der Waals surface area contributed by atoms with Crippen molar-refractivity contribution in [3.05, 3.63) is 41.7 Å². The van der Waals surface area contributed by atoms with E-state index in [1.54, 1.807) is 0 Å². The van der Waals surface area contributed by atoms with Gasteiger partial charge in [0.1, 0.15) is 0 Å². The fourth-order valence-corrected chi connectivity index (χ4v) is 2.83. The molecule has 1 heterocycles. The highest BCUT2D eigenvalue weighted by Gasteiger charge is 2.19. The van der Waals surface area contributed by atoms with Crippen LogP contribution in [0.15, 0.2) is 30.3 Å². The zero-order valence-corrected chi connectivity index (χ0v) is 11.3. The molecule has 1 aromatic heterocycles. The first-order chi connectivity index (χ1) is 9.22. The zero-order chi connectivity index (χ0) is 13.2. The molecule has 0 atom stereocenters. The van der Waals surface area contributed by atoms with E-state index in [0.717, 1.165) is 22.8 Å². The van der Waals surface area contributed by atoms with Gasteiger partial charge in [0.2, 0.25) is 0 Å². The summed E-state index contributed by atoms with van der Waals surface area (Å²) in [6, 6.07) is 9.92. The van der Waals surface area contributed by atoms with Crippen LogP contribution >= 0.6 is 0 Å². The normalized spacial score (nSPS) is 15.8. The number of hydrogen-bond acceptors (Lipinski definition) is 3.